The van der Waals surface area contributed by atoms with Crippen LogP contribution in [0.4, 0.5) is 0 Å². The molecule has 0 aliphatic carbocycles. The van der Waals surface area contributed by atoms with Crippen molar-refractivity contribution in [1.82, 2.24) is 4.57 Å². The fourth-order valence-electron chi connectivity index (χ4n) is 2.24. The van der Waals surface area contributed by atoms with Crippen molar-refractivity contribution in [3.8, 4) is 5.75 Å². The lowest BCUT2D eigenvalue weighted by Gasteiger charge is -2.07. The smallest absolute Gasteiger partial charge is 0.128 e. The van der Waals surface area contributed by atoms with Gasteiger partial charge in [0, 0.05) is 11.6 Å². The number of hydrogen-bond acceptors (Lipinski definition) is 2. The molecular formula is C16H17NO2. The van der Waals surface area contributed by atoms with E-state index in [1.54, 1.807) is 6.26 Å². The van der Waals surface area contributed by atoms with Crippen molar-refractivity contribution in [2.45, 2.75) is 19.9 Å². The van der Waals surface area contributed by atoms with Gasteiger partial charge in [-0.3, -0.25) is 0 Å². The predicted molar refractivity (Wildman–Crippen MR) is 75.5 cm³/mol. The van der Waals surface area contributed by atoms with Gasteiger partial charge in [-0.1, -0.05) is 13.0 Å². The van der Waals surface area contributed by atoms with Gasteiger partial charge in [-0.2, -0.15) is 0 Å². The van der Waals surface area contributed by atoms with E-state index in [2.05, 4.69) is 29.8 Å². The number of ether oxygens (including phenoxy) is 1. The van der Waals surface area contributed by atoms with Crippen molar-refractivity contribution in [2.75, 3.05) is 6.61 Å². The number of furan rings is 1. The minimum absolute atomic E-state index is 0.744. The number of nitrogens with zero attached hydrogens (tertiary/aromatic N) is 1. The summed E-state index contributed by atoms with van der Waals surface area (Å²) < 4.78 is 13.4. The van der Waals surface area contributed by atoms with Crippen LogP contribution in [0.25, 0.3) is 10.9 Å². The molecule has 2 aromatic heterocycles. The zero-order chi connectivity index (χ0) is 13.1. The van der Waals surface area contributed by atoms with Crippen molar-refractivity contribution >= 4 is 10.9 Å². The molecule has 3 heteroatoms. The molecule has 0 N–H and O–H groups in total. The number of aromatic nitrogens is 1. The van der Waals surface area contributed by atoms with Crippen molar-refractivity contribution < 1.29 is 9.15 Å². The lowest BCUT2D eigenvalue weighted by Crippen LogP contribution is -1.97. The fourth-order valence-corrected chi connectivity index (χ4v) is 2.24. The van der Waals surface area contributed by atoms with Crippen LogP contribution < -0.4 is 4.74 Å². The summed E-state index contributed by atoms with van der Waals surface area (Å²) in [5.74, 6) is 1.91. The van der Waals surface area contributed by atoms with Gasteiger partial charge in [-0.05, 0) is 36.8 Å². The van der Waals surface area contributed by atoms with Crippen LogP contribution in [0, 0.1) is 0 Å². The molecule has 0 aliphatic rings. The zero-order valence-electron chi connectivity index (χ0n) is 11.0. The van der Waals surface area contributed by atoms with Crippen LogP contribution in [0.3, 0.4) is 0 Å². The Morgan fingerprint density at radius 3 is 2.89 bits per heavy atom. The first-order valence-corrected chi connectivity index (χ1v) is 6.61. The van der Waals surface area contributed by atoms with Crippen molar-refractivity contribution in [2.24, 2.45) is 0 Å². The van der Waals surface area contributed by atoms with Gasteiger partial charge in [-0.25, -0.2) is 0 Å². The lowest BCUT2D eigenvalue weighted by atomic mass is 10.2. The molecule has 1 aromatic carbocycles. The molecule has 0 bridgehead atoms. The molecule has 0 unspecified atom stereocenters. The van der Waals surface area contributed by atoms with Crippen molar-refractivity contribution in [1.29, 1.82) is 0 Å². The molecule has 98 valence electrons. The minimum atomic E-state index is 0.744. The van der Waals surface area contributed by atoms with E-state index in [-0.39, 0.29) is 0 Å². The van der Waals surface area contributed by atoms with Gasteiger partial charge in [0.25, 0.3) is 0 Å². The second-order valence-corrected chi connectivity index (χ2v) is 4.56. The highest BCUT2D eigenvalue weighted by Crippen LogP contribution is 2.27. The molecule has 0 atom stereocenters. The summed E-state index contributed by atoms with van der Waals surface area (Å²) in [5.41, 5.74) is 1.17. The molecule has 0 fully saturated rings. The maximum atomic E-state index is 5.78. The van der Waals surface area contributed by atoms with Crippen LogP contribution in [-0.2, 0) is 6.54 Å². The fraction of sp³-hybridized carbons (Fsp3) is 0.250. The van der Waals surface area contributed by atoms with E-state index in [0.29, 0.717) is 0 Å². The average molecular weight is 255 g/mol. The molecule has 3 aromatic rings. The Labute approximate surface area is 112 Å². The van der Waals surface area contributed by atoms with Crippen LogP contribution in [0.1, 0.15) is 19.1 Å². The number of rotatable bonds is 5. The second-order valence-electron chi connectivity index (χ2n) is 4.56. The van der Waals surface area contributed by atoms with E-state index in [4.69, 9.17) is 9.15 Å². The number of fused-ring (bicyclic) bond motifs is 1. The zero-order valence-corrected chi connectivity index (χ0v) is 11.0. The van der Waals surface area contributed by atoms with Gasteiger partial charge in [0.05, 0.1) is 24.9 Å². The summed E-state index contributed by atoms with van der Waals surface area (Å²) in [4.78, 5) is 0. The normalized spacial score (nSPS) is 11.0. The molecule has 0 aliphatic heterocycles. The van der Waals surface area contributed by atoms with Gasteiger partial charge >= 0.3 is 0 Å². The minimum Gasteiger partial charge on any atom is -0.493 e. The second kappa shape index (κ2) is 5.22. The first-order chi connectivity index (χ1) is 9.38. The maximum Gasteiger partial charge on any atom is 0.128 e. The first kappa shape index (κ1) is 11.9. The summed E-state index contributed by atoms with van der Waals surface area (Å²) in [6.45, 7) is 3.61. The number of benzene rings is 1. The van der Waals surface area contributed by atoms with Gasteiger partial charge in [-0.15, -0.1) is 0 Å². The Morgan fingerprint density at radius 1 is 1.16 bits per heavy atom. The molecule has 0 saturated carbocycles. The maximum absolute atomic E-state index is 5.78. The van der Waals surface area contributed by atoms with E-state index in [9.17, 15) is 0 Å². The molecular weight excluding hydrogens is 238 g/mol. The molecule has 19 heavy (non-hydrogen) atoms. The van der Waals surface area contributed by atoms with Gasteiger partial charge in [0.15, 0.2) is 0 Å². The Balaban J connectivity index is 1.94. The molecule has 0 spiro atoms. The predicted octanol–water partition coefficient (Wildman–Crippen LogP) is 4.07. The molecule has 0 saturated heterocycles. The van der Waals surface area contributed by atoms with Gasteiger partial charge in [0.2, 0.25) is 0 Å². The quantitative estimate of drug-likeness (QED) is 0.687. The summed E-state index contributed by atoms with van der Waals surface area (Å²) in [7, 11) is 0. The monoisotopic (exact) mass is 255 g/mol. The largest absolute Gasteiger partial charge is 0.493 e. The molecule has 3 nitrogen and oxygen atoms in total. The van der Waals surface area contributed by atoms with Crippen LogP contribution in [0.5, 0.6) is 5.75 Å². The Hall–Kier alpha value is -2.16. The highest BCUT2D eigenvalue weighted by Gasteiger charge is 2.07. The van der Waals surface area contributed by atoms with Crippen LogP contribution in [0.15, 0.2) is 53.3 Å². The standard InChI is InChI=1S/C16H17NO2/c1-2-10-19-16-7-3-6-15-14(16)8-9-17(15)12-13-5-4-11-18-13/h3-9,11H,2,10,12H2,1H3. The van der Waals surface area contributed by atoms with Crippen molar-refractivity contribution in [3.63, 3.8) is 0 Å². The summed E-state index contributed by atoms with van der Waals surface area (Å²) in [5, 5.41) is 1.16. The summed E-state index contributed by atoms with van der Waals surface area (Å²) in [6.07, 6.45) is 4.80. The Bertz CT molecular complexity index is 653. The Morgan fingerprint density at radius 2 is 2.11 bits per heavy atom. The van der Waals surface area contributed by atoms with E-state index in [1.807, 2.05) is 24.3 Å². The lowest BCUT2D eigenvalue weighted by molar-refractivity contribution is 0.321. The SMILES string of the molecule is CCCOc1cccc2c1ccn2Cc1ccco1. The van der Waals surface area contributed by atoms with Crippen LogP contribution in [0.2, 0.25) is 0 Å². The third-order valence-corrected chi connectivity index (χ3v) is 3.14. The van der Waals surface area contributed by atoms with E-state index in [1.165, 1.54) is 5.52 Å². The van der Waals surface area contributed by atoms with E-state index < -0.39 is 0 Å². The summed E-state index contributed by atoms with van der Waals surface area (Å²) >= 11 is 0. The third-order valence-electron chi connectivity index (χ3n) is 3.14. The molecule has 0 amide bonds. The van der Waals surface area contributed by atoms with Gasteiger partial charge < -0.3 is 13.7 Å². The van der Waals surface area contributed by atoms with Crippen LogP contribution in [-0.4, -0.2) is 11.2 Å². The number of hydrogen-bond donors (Lipinski definition) is 0. The molecule has 2 heterocycles. The first-order valence-electron chi connectivity index (χ1n) is 6.61. The third kappa shape index (κ3) is 2.36. The van der Waals surface area contributed by atoms with Gasteiger partial charge in [0.1, 0.15) is 11.5 Å². The highest BCUT2D eigenvalue weighted by molar-refractivity contribution is 5.86. The summed E-state index contributed by atoms with van der Waals surface area (Å²) in [6, 6.07) is 12.2. The Kier molecular flexibility index (Phi) is 3.27. The van der Waals surface area contributed by atoms with Crippen LogP contribution >= 0.6 is 0 Å². The average Bonchev–Trinajstić information content (AvgIpc) is 3.07. The van der Waals surface area contributed by atoms with E-state index in [0.717, 1.165) is 36.5 Å². The molecule has 3 rings (SSSR count). The van der Waals surface area contributed by atoms with E-state index >= 15 is 0 Å². The topological polar surface area (TPSA) is 27.3 Å². The molecule has 0 radical (unpaired) electrons. The highest BCUT2D eigenvalue weighted by atomic mass is 16.5. The van der Waals surface area contributed by atoms with Crippen molar-refractivity contribution in [3.05, 3.63) is 54.6 Å².